The number of rotatable bonds is 1. The van der Waals surface area contributed by atoms with Crippen LogP contribution < -0.4 is 4.74 Å². The molecule has 0 spiro atoms. The van der Waals surface area contributed by atoms with Crippen LogP contribution in [0.4, 0.5) is 0 Å². The van der Waals surface area contributed by atoms with Crippen molar-refractivity contribution in [1.82, 2.24) is 0 Å². The van der Waals surface area contributed by atoms with Gasteiger partial charge in [-0.3, -0.25) is 4.79 Å². The molecular formula is C14H15BrO3. The first-order valence-corrected chi connectivity index (χ1v) is 7.06. The number of carbonyl (C=O) groups is 1. The fourth-order valence-electron chi connectivity index (χ4n) is 2.37. The summed E-state index contributed by atoms with van der Waals surface area (Å²) in [6.45, 7) is 3.72. The zero-order valence-electron chi connectivity index (χ0n) is 10.4. The summed E-state index contributed by atoms with van der Waals surface area (Å²) in [5.74, 6) is 1.17. The monoisotopic (exact) mass is 310 g/mol. The zero-order valence-corrected chi connectivity index (χ0v) is 12.0. The highest BCUT2D eigenvalue weighted by Crippen LogP contribution is 2.48. The first kappa shape index (κ1) is 12.0. The van der Waals surface area contributed by atoms with Gasteiger partial charge in [-0.25, -0.2) is 0 Å². The fraction of sp³-hybridized carbons (Fsp3) is 0.500. The second-order valence-electron chi connectivity index (χ2n) is 5.61. The Hall–Kier alpha value is -1.03. The van der Waals surface area contributed by atoms with Crippen LogP contribution in [-0.4, -0.2) is 21.3 Å². The number of carbonyl (C=O) groups excluding carboxylic acids is 1. The van der Waals surface area contributed by atoms with E-state index in [1.54, 1.807) is 12.1 Å². The number of fused-ring (bicyclic) bond motifs is 1. The Bertz CT molecular complexity index is 532. The van der Waals surface area contributed by atoms with E-state index in [0.29, 0.717) is 17.2 Å². The van der Waals surface area contributed by atoms with Gasteiger partial charge in [-0.2, -0.15) is 0 Å². The van der Waals surface area contributed by atoms with E-state index in [1.165, 1.54) is 0 Å². The molecule has 1 heterocycles. The lowest BCUT2D eigenvalue weighted by molar-refractivity contribution is 0.0666. The molecule has 1 unspecified atom stereocenters. The van der Waals surface area contributed by atoms with Crippen LogP contribution in [0.3, 0.4) is 0 Å². The third-order valence-corrected chi connectivity index (χ3v) is 5.14. The summed E-state index contributed by atoms with van der Waals surface area (Å²) < 4.78 is 5.81. The first-order valence-electron chi connectivity index (χ1n) is 6.14. The number of ether oxygens (including phenoxy) is 1. The number of ketones is 1. The van der Waals surface area contributed by atoms with Crippen LogP contribution in [0.15, 0.2) is 12.1 Å². The Morgan fingerprint density at radius 2 is 2.06 bits per heavy atom. The highest BCUT2D eigenvalue weighted by atomic mass is 79.9. The van der Waals surface area contributed by atoms with E-state index < -0.39 is 5.60 Å². The van der Waals surface area contributed by atoms with E-state index in [0.717, 1.165) is 18.4 Å². The molecule has 0 bridgehead atoms. The minimum atomic E-state index is -0.600. The standard InChI is InChI=1S/C14H15BrO3/c1-14(2)13(15)12(17)9-5-8(7-3-4-7)10(16)6-11(9)18-14/h5-7,13,16H,3-4H2,1-2H3. The van der Waals surface area contributed by atoms with Crippen LogP contribution in [0.5, 0.6) is 11.5 Å². The molecule has 0 amide bonds. The van der Waals surface area contributed by atoms with E-state index in [2.05, 4.69) is 15.9 Å². The van der Waals surface area contributed by atoms with Crippen molar-refractivity contribution in [2.45, 2.75) is 43.0 Å². The van der Waals surface area contributed by atoms with Gasteiger partial charge >= 0.3 is 0 Å². The van der Waals surface area contributed by atoms with E-state index in [9.17, 15) is 9.90 Å². The molecule has 1 aromatic carbocycles. The van der Waals surface area contributed by atoms with Gasteiger partial charge in [0.05, 0.1) is 5.56 Å². The Morgan fingerprint density at radius 1 is 1.39 bits per heavy atom. The van der Waals surface area contributed by atoms with Crippen LogP contribution in [0.2, 0.25) is 0 Å². The quantitative estimate of drug-likeness (QED) is 0.809. The van der Waals surface area contributed by atoms with Crippen molar-refractivity contribution in [3.8, 4) is 11.5 Å². The van der Waals surface area contributed by atoms with Crippen molar-refractivity contribution in [1.29, 1.82) is 0 Å². The SMILES string of the molecule is CC1(C)Oc2cc(O)c(C3CC3)cc2C(=O)C1Br. The molecular weight excluding hydrogens is 296 g/mol. The first-order chi connectivity index (χ1) is 8.40. The van der Waals surface area contributed by atoms with Crippen molar-refractivity contribution in [2.75, 3.05) is 0 Å². The average molecular weight is 311 g/mol. The molecule has 0 aromatic heterocycles. The molecule has 1 atom stereocenters. The Morgan fingerprint density at radius 3 is 2.67 bits per heavy atom. The maximum atomic E-state index is 12.3. The van der Waals surface area contributed by atoms with E-state index >= 15 is 0 Å². The molecule has 1 N–H and O–H groups in total. The lowest BCUT2D eigenvalue weighted by Crippen LogP contribution is -2.46. The second kappa shape index (κ2) is 3.73. The van der Waals surface area contributed by atoms with Gasteiger partial charge in [0.15, 0.2) is 5.78 Å². The number of hydrogen-bond acceptors (Lipinski definition) is 3. The third-order valence-electron chi connectivity index (χ3n) is 3.63. The Labute approximate surface area is 114 Å². The van der Waals surface area contributed by atoms with E-state index in [-0.39, 0.29) is 16.4 Å². The number of hydrogen-bond donors (Lipinski definition) is 1. The summed E-state index contributed by atoms with van der Waals surface area (Å²) >= 11 is 3.40. The van der Waals surface area contributed by atoms with Gasteiger partial charge in [-0.15, -0.1) is 0 Å². The number of phenols is 1. The van der Waals surface area contributed by atoms with Crippen molar-refractivity contribution >= 4 is 21.7 Å². The summed E-state index contributed by atoms with van der Waals surface area (Å²) in [7, 11) is 0. The molecule has 3 nitrogen and oxygen atoms in total. The number of halogens is 1. The molecule has 1 aromatic rings. The minimum absolute atomic E-state index is 0.0307. The Balaban J connectivity index is 2.12. The van der Waals surface area contributed by atoms with Crippen LogP contribution >= 0.6 is 15.9 Å². The lowest BCUT2D eigenvalue weighted by Gasteiger charge is -2.36. The summed E-state index contributed by atoms with van der Waals surface area (Å²) in [5, 5.41) is 10.00. The number of Topliss-reactive ketones (excluding diaryl/α,β-unsaturated/α-hetero) is 1. The number of alkyl halides is 1. The molecule has 18 heavy (non-hydrogen) atoms. The van der Waals surface area contributed by atoms with Crippen LogP contribution in [0.25, 0.3) is 0 Å². The second-order valence-corrected chi connectivity index (χ2v) is 6.53. The van der Waals surface area contributed by atoms with Gasteiger partial charge in [0, 0.05) is 6.07 Å². The molecule has 1 aliphatic heterocycles. The average Bonchev–Trinajstić information content (AvgIpc) is 3.09. The Kier molecular flexibility index (Phi) is 2.49. The zero-order chi connectivity index (χ0) is 13.1. The minimum Gasteiger partial charge on any atom is -0.508 e. The predicted octanol–water partition coefficient (Wildman–Crippen LogP) is 3.39. The smallest absolute Gasteiger partial charge is 0.184 e. The van der Waals surface area contributed by atoms with Gasteiger partial charge in [0.25, 0.3) is 0 Å². The predicted molar refractivity (Wildman–Crippen MR) is 71.8 cm³/mol. The molecule has 0 saturated heterocycles. The van der Waals surface area contributed by atoms with Gasteiger partial charge < -0.3 is 9.84 Å². The van der Waals surface area contributed by atoms with Gasteiger partial charge in [-0.05, 0) is 44.2 Å². The molecule has 0 radical (unpaired) electrons. The molecule has 1 saturated carbocycles. The summed E-state index contributed by atoms with van der Waals surface area (Å²) in [6, 6.07) is 3.38. The molecule has 4 heteroatoms. The van der Waals surface area contributed by atoms with Gasteiger partial charge in [0.1, 0.15) is 21.9 Å². The molecule has 1 fully saturated rings. The topological polar surface area (TPSA) is 46.5 Å². The third kappa shape index (κ3) is 1.74. The fourth-order valence-corrected chi connectivity index (χ4v) is 2.71. The van der Waals surface area contributed by atoms with Crippen molar-refractivity contribution in [3.05, 3.63) is 23.3 Å². The molecule has 3 rings (SSSR count). The summed E-state index contributed by atoms with van der Waals surface area (Å²) in [5.41, 5.74) is 0.860. The van der Waals surface area contributed by atoms with Crippen molar-refractivity contribution in [3.63, 3.8) is 0 Å². The summed E-state index contributed by atoms with van der Waals surface area (Å²) in [6.07, 6.45) is 2.18. The van der Waals surface area contributed by atoms with Gasteiger partial charge in [0.2, 0.25) is 0 Å². The number of benzene rings is 1. The largest absolute Gasteiger partial charge is 0.508 e. The van der Waals surface area contributed by atoms with E-state index in [4.69, 9.17) is 4.74 Å². The summed E-state index contributed by atoms with van der Waals surface area (Å²) in [4.78, 5) is 12.0. The van der Waals surface area contributed by atoms with E-state index in [1.807, 2.05) is 13.8 Å². The van der Waals surface area contributed by atoms with Crippen LogP contribution in [0.1, 0.15) is 48.5 Å². The van der Waals surface area contributed by atoms with Gasteiger partial charge in [-0.1, -0.05) is 15.9 Å². The van der Waals surface area contributed by atoms with Crippen molar-refractivity contribution < 1.29 is 14.6 Å². The molecule has 1 aliphatic carbocycles. The highest BCUT2D eigenvalue weighted by Gasteiger charge is 2.42. The van der Waals surface area contributed by atoms with Crippen LogP contribution in [-0.2, 0) is 0 Å². The van der Waals surface area contributed by atoms with Crippen molar-refractivity contribution in [2.24, 2.45) is 0 Å². The lowest BCUT2D eigenvalue weighted by atomic mass is 9.91. The maximum Gasteiger partial charge on any atom is 0.184 e. The number of aromatic hydroxyl groups is 1. The molecule has 96 valence electrons. The maximum absolute atomic E-state index is 12.3. The molecule has 2 aliphatic rings. The number of phenolic OH excluding ortho intramolecular Hbond substituents is 1. The highest BCUT2D eigenvalue weighted by molar-refractivity contribution is 9.10. The normalized spacial score (nSPS) is 25.5. The van der Waals surface area contributed by atoms with Crippen LogP contribution in [0, 0.1) is 0 Å².